The maximum atomic E-state index is 12.2. The highest BCUT2D eigenvalue weighted by Gasteiger charge is 2.48. The van der Waals surface area contributed by atoms with Crippen molar-refractivity contribution >= 4 is 17.9 Å². The summed E-state index contributed by atoms with van der Waals surface area (Å²) in [4.78, 5) is 36.4. The number of carbonyl (C=O) groups excluding carboxylic acids is 2. The fourth-order valence-corrected chi connectivity index (χ4v) is 2.38. The number of rotatable bonds is 2. The van der Waals surface area contributed by atoms with Gasteiger partial charge in [0.2, 0.25) is 5.91 Å². The van der Waals surface area contributed by atoms with Crippen molar-refractivity contribution in [2.75, 3.05) is 26.3 Å². The molecule has 0 bridgehead atoms. The standard InChI is InChI=1S/C12H19N3O5/c1-7-9(16)13-3-4-15(7)11(19)14-8-5-20-6-12(8,2)10(17)18/h7-8H,3-6H2,1-2H3,(H,13,16)(H,14,19)(H,17,18). The van der Waals surface area contributed by atoms with Gasteiger partial charge < -0.3 is 25.4 Å². The lowest BCUT2D eigenvalue weighted by atomic mass is 9.85. The summed E-state index contributed by atoms with van der Waals surface area (Å²) >= 11 is 0. The fourth-order valence-electron chi connectivity index (χ4n) is 2.38. The summed E-state index contributed by atoms with van der Waals surface area (Å²) < 4.78 is 5.18. The first-order chi connectivity index (χ1) is 9.36. The van der Waals surface area contributed by atoms with Gasteiger partial charge in [-0.05, 0) is 13.8 Å². The van der Waals surface area contributed by atoms with Crippen molar-refractivity contribution in [1.82, 2.24) is 15.5 Å². The molecule has 3 atom stereocenters. The molecule has 2 rings (SSSR count). The van der Waals surface area contributed by atoms with Crippen molar-refractivity contribution in [3.05, 3.63) is 0 Å². The van der Waals surface area contributed by atoms with Crippen LogP contribution in [0.3, 0.4) is 0 Å². The molecule has 112 valence electrons. The van der Waals surface area contributed by atoms with Gasteiger partial charge in [-0.2, -0.15) is 0 Å². The molecule has 2 heterocycles. The van der Waals surface area contributed by atoms with Gasteiger partial charge in [0.1, 0.15) is 11.5 Å². The molecule has 2 fully saturated rings. The molecule has 0 aromatic carbocycles. The van der Waals surface area contributed by atoms with E-state index in [9.17, 15) is 19.5 Å². The first-order valence-corrected chi connectivity index (χ1v) is 6.52. The largest absolute Gasteiger partial charge is 0.481 e. The lowest BCUT2D eigenvalue weighted by Gasteiger charge is -2.35. The molecule has 3 unspecified atom stereocenters. The number of urea groups is 1. The number of nitrogens with one attached hydrogen (secondary N) is 2. The van der Waals surface area contributed by atoms with E-state index in [1.54, 1.807) is 13.8 Å². The maximum Gasteiger partial charge on any atom is 0.318 e. The van der Waals surface area contributed by atoms with Crippen molar-refractivity contribution in [3.8, 4) is 0 Å². The number of amides is 3. The zero-order chi connectivity index (χ0) is 14.9. The molecule has 0 saturated carbocycles. The monoisotopic (exact) mass is 285 g/mol. The average Bonchev–Trinajstić information content (AvgIpc) is 2.75. The Balaban J connectivity index is 2.04. The Morgan fingerprint density at radius 1 is 1.55 bits per heavy atom. The Labute approximate surface area is 116 Å². The molecule has 8 heteroatoms. The van der Waals surface area contributed by atoms with Crippen LogP contribution in [0.4, 0.5) is 4.79 Å². The molecule has 20 heavy (non-hydrogen) atoms. The van der Waals surface area contributed by atoms with Gasteiger partial charge in [0.15, 0.2) is 0 Å². The smallest absolute Gasteiger partial charge is 0.318 e. The fraction of sp³-hybridized carbons (Fsp3) is 0.750. The number of carboxylic acid groups (broad SMARTS) is 1. The molecular formula is C12H19N3O5. The van der Waals surface area contributed by atoms with Gasteiger partial charge in [0.25, 0.3) is 0 Å². The third-order valence-corrected chi connectivity index (χ3v) is 4.00. The maximum absolute atomic E-state index is 12.2. The van der Waals surface area contributed by atoms with Crippen LogP contribution in [0.5, 0.6) is 0 Å². The van der Waals surface area contributed by atoms with E-state index in [1.807, 2.05) is 0 Å². The van der Waals surface area contributed by atoms with Crippen molar-refractivity contribution in [2.45, 2.75) is 25.9 Å². The van der Waals surface area contributed by atoms with Gasteiger partial charge in [-0.1, -0.05) is 0 Å². The second-order valence-electron chi connectivity index (χ2n) is 5.40. The molecule has 8 nitrogen and oxygen atoms in total. The van der Waals surface area contributed by atoms with Crippen molar-refractivity contribution in [2.24, 2.45) is 5.41 Å². The number of carboxylic acids is 1. The zero-order valence-corrected chi connectivity index (χ0v) is 11.5. The van der Waals surface area contributed by atoms with E-state index < -0.39 is 29.5 Å². The summed E-state index contributed by atoms with van der Waals surface area (Å²) in [6.07, 6.45) is 0. The Kier molecular flexibility index (Phi) is 3.85. The van der Waals surface area contributed by atoms with Gasteiger partial charge in [-0.25, -0.2) is 4.79 Å². The van der Waals surface area contributed by atoms with Gasteiger partial charge in [-0.3, -0.25) is 9.59 Å². The molecular weight excluding hydrogens is 266 g/mol. The van der Waals surface area contributed by atoms with Crippen LogP contribution in [-0.2, 0) is 14.3 Å². The predicted octanol–water partition coefficient (Wildman–Crippen LogP) is -0.994. The van der Waals surface area contributed by atoms with Crippen molar-refractivity contribution in [1.29, 1.82) is 0 Å². The quantitative estimate of drug-likeness (QED) is 0.603. The second-order valence-corrected chi connectivity index (χ2v) is 5.40. The molecule has 3 amide bonds. The van der Waals surface area contributed by atoms with Crippen molar-refractivity contribution < 1.29 is 24.2 Å². The van der Waals surface area contributed by atoms with Crippen LogP contribution in [0.2, 0.25) is 0 Å². The highest BCUT2D eigenvalue weighted by atomic mass is 16.5. The number of nitrogens with zero attached hydrogens (tertiary/aromatic N) is 1. The van der Waals surface area contributed by atoms with Crippen LogP contribution in [-0.4, -0.2) is 66.3 Å². The van der Waals surface area contributed by atoms with Crippen LogP contribution in [0.15, 0.2) is 0 Å². The van der Waals surface area contributed by atoms with Crippen LogP contribution in [0.1, 0.15) is 13.8 Å². The third kappa shape index (κ3) is 2.43. The molecule has 0 spiro atoms. The van der Waals surface area contributed by atoms with E-state index in [-0.39, 0.29) is 19.1 Å². The topological polar surface area (TPSA) is 108 Å². The van der Waals surface area contributed by atoms with Crippen LogP contribution < -0.4 is 10.6 Å². The molecule has 0 aromatic heterocycles. The molecule has 2 aliphatic heterocycles. The van der Waals surface area contributed by atoms with E-state index in [4.69, 9.17) is 4.74 Å². The number of carbonyl (C=O) groups is 3. The minimum absolute atomic E-state index is 0.0588. The van der Waals surface area contributed by atoms with E-state index in [0.717, 1.165) is 0 Å². The third-order valence-electron chi connectivity index (χ3n) is 4.00. The Bertz CT molecular complexity index is 441. The Morgan fingerprint density at radius 3 is 2.90 bits per heavy atom. The normalized spacial score (nSPS) is 33.7. The van der Waals surface area contributed by atoms with Gasteiger partial charge in [0.05, 0.1) is 19.3 Å². The zero-order valence-electron chi connectivity index (χ0n) is 11.5. The summed E-state index contributed by atoms with van der Waals surface area (Å²) in [5.41, 5.74) is -1.14. The van der Waals surface area contributed by atoms with Crippen LogP contribution in [0.25, 0.3) is 0 Å². The highest BCUT2D eigenvalue weighted by Crippen LogP contribution is 2.28. The summed E-state index contributed by atoms with van der Waals surface area (Å²) in [5.74, 6) is -1.22. The first-order valence-electron chi connectivity index (χ1n) is 6.52. The number of piperazine rings is 1. The minimum Gasteiger partial charge on any atom is -0.481 e. The summed E-state index contributed by atoms with van der Waals surface area (Å²) in [6, 6.07) is -1.61. The van der Waals surface area contributed by atoms with Gasteiger partial charge in [-0.15, -0.1) is 0 Å². The van der Waals surface area contributed by atoms with E-state index in [0.29, 0.717) is 13.1 Å². The molecule has 0 radical (unpaired) electrons. The number of hydrogen-bond acceptors (Lipinski definition) is 4. The Hall–Kier alpha value is -1.83. The van der Waals surface area contributed by atoms with E-state index in [1.165, 1.54) is 4.90 Å². The molecule has 0 aromatic rings. The van der Waals surface area contributed by atoms with Crippen molar-refractivity contribution in [3.63, 3.8) is 0 Å². The minimum atomic E-state index is -1.14. The van der Waals surface area contributed by atoms with E-state index >= 15 is 0 Å². The lowest BCUT2D eigenvalue weighted by molar-refractivity contribution is -0.148. The average molecular weight is 285 g/mol. The number of aliphatic carboxylic acids is 1. The van der Waals surface area contributed by atoms with Crippen LogP contribution >= 0.6 is 0 Å². The summed E-state index contributed by atoms with van der Waals surface area (Å²) in [7, 11) is 0. The number of hydrogen-bond donors (Lipinski definition) is 3. The SMILES string of the molecule is CC1C(=O)NCCN1C(=O)NC1COCC1(C)C(=O)O. The summed E-state index contributed by atoms with van der Waals surface area (Å²) in [5, 5.41) is 14.6. The second kappa shape index (κ2) is 5.28. The Morgan fingerprint density at radius 2 is 2.25 bits per heavy atom. The molecule has 2 saturated heterocycles. The van der Waals surface area contributed by atoms with E-state index in [2.05, 4.69) is 10.6 Å². The molecule has 2 aliphatic rings. The van der Waals surface area contributed by atoms with Gasteiger partial charge >= 0.3 is 12.0 Å². The van der Waals surface area contributed by atoms with Crippen LogP contribution in [0, 0.1) is 5.41 Å². The molecule has 0 aliphatic carbocycles. The highest BCUT2D eigenvalue weighted by molar-refractivity contribution is 5.88. The first kappa shape index (κ1) is 14.6. The number of ether oxygens (including phenoxy) is 1. The van der Waals surface area contributed by atoms with Gasteiger partial charge in [0, 0.05) is 13.1 Å². The lowest BCUT2D eigenvalue weighted by Crippen LogP contribution is -2.61. The summed E-state index contributed by atoms with van der Waals surface area (Å²) in [6.45, 7) is 4.19. The molecule has 3 N–H and O–H groups in total. The predicted molar refractivity (Wildman–Crippen MR) is 68.1 cm³/mol.